The van der Waals surface area contributed by atoms with Gasteiger partial charge in [-0.1, -0.05) is 6.08 Å². The number of nitrogens with zero attached hydrogens (tertiary/aromatic N) is 1. The number of nitrogens with one attached hydrogen (secondary N) is 2. The molecule has 100 valence electrons. The molecule has 17 heavy (non-hydrogen) atoms. The summed E-state index contributed by atoms with van der Waals surface area (Å²) >= 11 is 1.86. The van der Waals surface area contributed by atoms with Gasteiger partial charge >= 0.3 is 0 Å². The molecule has 0 aromatic rings. The zero-order chi connectivity index (χ0) is 12.8. The van der Waals surface area contributed by atoms with E-state index in [1.165, 1.54) is 0 Å². The molecule has 0 fully saturated rings. The molecule has 0 aliphatic carbocycles. The van der Waals surface area contributed by atoms with Crippen molar-refractivity contribution >= 4 is 17.7 Å². The fourth-order valence-corrected chi connectivity index (χ4v) is 1.70. The van der Waals surface area contributed by atoms with Crippen LogP contribution in [-0.2, 0) is 4.74 Å². The molecule has 4 nitrogen and oxygen atoms in total. The molecular formula is C12H25N3OS. The van der Waals surface area contributed by atoms with E-state index in [4.69, 9.17) is 4.74 Å². The van der Waals surface area contributed by atoms with Gasteiger partial charge < -0.3 is 15.4 Å². The average molecular weight is 259 g/mol. The van der Waals surface area contributed by atoms with Gasteiger partial charge in [0.15, 0.2) is 5.96 Å². The second-order valence-corrected chi connectivity index (χ2v) is 4.40. The van der Waals surface area contributed by atoms with E-state index in [1.807, 2.05) is 24.8 Å². The van der Waals surface area contributed by atoms with Crippen LogP contribution in [0.4, 0.5) is 0 Å². The molecule has 0 saturated carbocycles. The molecule has 0 rings (SSSR count). The van der Waals surface area contributed by atoms with Crippen molar-refractivity contribution in [2.75, 3.05) is 44.4 Å². The molecular weight excluding hydrogens is 234 g/mol. The third-order valence-corrected chi connectivity index (χ3v) is 2.79. The molecule has 0 amide bonds. The third-order valence-electron chi connectivity index (χ3n) is 1.83. The molecule has 0 aliphatic heterocycles. The van der Waals surface area contributed by atoms with Crippen LogP contribution < -0.4 is 10.6 Å². The Balaban J connectivity index is 3.68. The molecule has 0 saturated heterocycles. The van der Waals surface area contributed by atoms with Crippen LogP contribution in [0.5, 0.6) is 0 Å². The topological polar surface area (TPSA) is 45.7 Å². The molecule has 0 aromatic carbocycles. The number of aliphatic imine (C=N–C) groups is 1. The summed E-state index contributed by atoms with van der Waals surface area (Å²) in [5, 5.41) is 6.49. The van der Waals surface area contributed by atoms with Crippen molar-refractivity contribution in [3.05, 3.63) is 12.7 Å². The molecule has 0 atom stereocenters. The van der Waals surface area contributed by atoms with Crippen molar-refractivity contribution in [2.24, 2.45) is 4.99 Å². The molecule has 0 unspecified atom stereocenters. The number of guanidine groups is 1. The van der Waals surface area contributed by atoms with E-state index >= 15 is 0 Å². The van der Waals surface area contributed by atoms with E-state index in [2.05, 4.69) is 29.1 Å². The maximum absolute atomic E-state index is 5.24. The average Bonchev–Trinajstić information content (AvgIpc) is 2.34. The highest BCUT2D eigenvalue weighted by Crippen LogP contribution is 1.96. The van der Waals surface area contributed by atoms with Crippen molar-refractivity contribution in [3.8, 4) is 0 Å². The molecule has 0 bridgehead atoms. The summed E-state index contributed by atoms with van der Waals surface area (Å²) in [6, 6.07) is 0. The number of rotatable bonds is 10. The maximum atomic E-state index is 5.24. The lowest BCUT2D eigenvalue weighted by Crippen LogP contribution is -2.38. The Bertz CT molecular complexity index is 210. The first kappa shape index (κ1) is 16.3. The molecule has 0 heterocycles. The number of thioether (sulfide) groups is 1. The second kappa shape index (κ2) is 13.4. The monoisotopic (exact) mass is 259 g/mol. The van der Waals surface area contributed by atoms with Crippen molar-refractivity contribution in [1.82, 2.24) is 10.6 Å². The molecule has 0 aromatic heterocycles. The minimum Gasteiger partial charge on any atom is -0.380 e. The fourth-order valence-electron chi connectivity index (χ4n) is 1.12. The summed E-state index contributed by atoms with van der Waals surface area (Å²) in [4.78, 5) is 4.41. The highest BCUT2D eigenvalue weighted by atomic mass is 32.2. The van der Waals surface area contributed by atoms with Gasteiger partial charge in [0.05, 0.1) is 13.2 Å². The first-order valence-electron chi connectivity index (χ1n) is 6.13. The number of hydrogen-bond donors (Lipinski definition) is 2. The Kier molecular flexibility index (Phi) is 12.8. The van der Waals surface area contributed by atoms with Crippen LogP contribution in [0.2, 0.25) is 0 Å². The van der Waals surface area contributed by atoms with Crippen molar-refractivity contribution in [2.45, 2.75) is 13.8 Å². The summed E-state index contributed by atoms with van der Waals surface area (Å²) in [7, 11) is 0. The van der Waals surface area contributed by atoms with E-state index in [9.17, 15) is 0 Å². The van der Waals surface area contributed by atoms with Crippen molar-refractivity contribution in [1.29, 1.82) is 0 Å². The summed E-state index contributed by atoms with van der Waals surface area (Å²) in [5.74, 6) is 2.92. The van der Waals surface area contributed by atoms with Gasteiger partial charge in [-0.05, 0) is 13.8 Å². The van der Waals surface area contributed by atoms with Crippen LogP contribution in [0.15, 0.2) is 17.6 Å². The van der Waals surface area contributed by atoms with E-state index < -0.39 is 0 Å². The van der Waals surface area contributed by atoms with Gasteiger partial charge in [0.1, 0.15) is 0 Å². The SMILES string of the molecule is C=CCSCCNC(=NCCOCC)NCC. The van der Waals surface area contributed by atoms with E-state index in [0.29, 0.717) is 13.2 Å². The largest absolute Gasteiger partial charge is 0.380 e. The Hall–Kier alpha value is -0.680. The normalized spacial score (nSPS) is 11.3. The maximum Gasteiger partial charge on any atom is 0.191 e. The van der Waals surface area contributed by atoms with Gasteiger partial charge in [0.25, 0.3) is 0 Å². The highest BCUT2D eigenvalue weighted by Gasteiger charge is 1.95. The fraction of sp³-hybridized carbons (Fsp3) is 0.750. The summed E-state index contributed by atoms with van der Waals surface area (Å²) in [5.41, 5.74) is 0. The van der Waals surface area contributed by atoms with Gasteiger partial charge in [-0.3, -0.25) is 4.99 Å². The minimum atomic E-state index is 0.679. The molecule has 0 radical (unpaired) electrons. The Morgan fingerprint density at radius 1 is 1.41 bits per heavy atom. The van der Waals surface area contributed by atoms with Gasteiger partial charge in [-0.2, -0.15) is 11.8 Å². The third kappa shape index (κ3) is 11.6. The van der Waals surface area contributed by atoms with Crippen LogP contribution in [0.3, 0.4) is 0 Å². The first-order valence-corrected chi connectivity index (χ1v) is 7.29. The molecule has 5 heteroatoms. The molecule has 2 N–H and O–H groups in total. The van der Waals surface area contributed by atoms with Gasteiger partial charge in [0, 0.05) is 31.2 Å². The van der Waals surface area contributed by atoms with Crippen LogP contribution in [0, 0.1) is 0 Å². The predicted molar refractivity (Wildman–Crippen MR) is 78.0 cm³/mol. The van der Waals surface area contributed by atoms with Crippen molar-refractivity contribution < 1.29 is 4.74 Å². The first-order chi connectivity index (χ1) is 8.35. The van der Waals surface area contributed by atoms with E-state index in [0.717, 1.165) is 37.2 Å². The summed E-state index contributed by atoms with van der Waals surface area (Å²) < 4.78 is 5.24. The lowest BCUT2D eigenvalue weighted by molar-refractivity contribution is 0.155. The zero-order valence-electron chi connectivity index (χ0n) is 11.0. The van der Waals surface area contributed by atoms with Crippen LogP contribution in [0.1, 0.15) is 13.8 Å². The lowest BCUT2D eigenvalue weighted by Gasteiger charge is -2.10. The molecule has 0 spiro atoms. The molecule has 0 aliphatic rings. The summed E-state index contributed by atoms with van der Waals surface area (Å²) in [6.07, 6.45) is 1.92. The smallest absolute Gasteiger partial charge is 0.191 e. The quantitative estimate of drug-likeness (QED) is 0.270. The lowest BCUT2D eigenvalue weighted by atomic mass is 10.6. The summed E-state index contributed by atoms with van der Waals surface area (Å²) in [6.45, 7) is 11.7. The van der Waals surface area contributed by atoms with Crippen LogP contribution in [0.25, 0.3) is 0 Å². The van der Waals surface area contributed by atoms with Gasteiger partial charge in [-0.25, -0.2) is 0 Å². The Morgan fingerprint density at radius 3 is 2.88 bits per heavy atom. The number of hydrogen-bond acceptors (Lipinski definition) is 3. The number of ether oxygens (including phenoxy) is 1. The van der Waals surface area contributed by atoms with Crippen LogP contribution >= 0.6 is 11.8 Å². The van der Waals surface area contributed by atoms with E-state index in [1.54, 1.807) is 0 Å². The van der Waals surface area contributed by atoms with Crippen LogP contribution in [-0.4, -0.2) is 50.3 Å². The zero-order valence-corrected chi connectivity index (χ0v) is 11.8. The second-order valence-electron chi connectivity index (χ2n) is 3.25. The highest BCUT2D eigenvalue weighted by molar-refractivity contribution is 7.99. The Morgan fingerprint density at radius 2 is 2.24 bits per heavy atom. The van der Waals surface area contributed by atoms with Gasteiger partial charge in [-0.15, -0.1) is 6.58 Å². The Labute approximate surface area is 109 Å². The van der Waals surface area contributed by atoms with Gasteiger partial charge in [0.2, 0.25) is 0 Å². The van der Waals surface area contributed by atoms with Crippen molar-refractivity contribution in [3.63, 3.8) is 0 Å². The standard InChI is InChI=1S/C12H25N3OS/c1-4-10-17-11-8-15-12(13-5-2)14-7-9-16-6-3/h4H,1,5-11H2,2-3H3,(H2,13,14,15). The predicted octanol–water partition coefficient (Wildman–Crippen LogP) is 1.50. The van der Waals surface area contributed by atoms with E-state index in [-0.39, 0.29) is 0 Å². The minimum absolute atomic E-state index is 0.679.